The number of benzene rings is 2. The zero-order valence-electron chi connectivity index (χ0n) is 18.1. The van der Waals surface area contributed by atoms with Gasteiger partial charge >= 0.3 is 0 Å². The van der Waals surface area contributed by atoms with Gasteiger partial charge in [0, 0.05) is 27.6 Å². The molecule has 1 unspecified atom stereocenters. The minimum Gasteiger partial charge on any atom is -0.484 e. The van der Waals surface area contributed by atoms with Crippen LogP contribution in [-0.4, -0.2) is 35.9 Å². The Morgan fingerprint density at radius 3 is 2.39 bits per heavy atom. The van der Waals surface area contributed by atoms with E-state index < -0.39 is 6.04 Å². The van der Waals surface area contributed by atoms with Crippen LogP contribution in [0.15, 0.2) is 34.8 Å². The lowest BCUT2D eigenvalue weighted by molar-refractivity contribution is -0.142. The fraction of sp³-hybridized carbons (Fsp3) is 0.391. The first-order valence-corrected chi connectivity index (χ1v) is 11.6. The van der Waals surface area contributed by atoms with Gasteiger partial charge in [0.25, 0.3) is 5.91 Å². The van der Waals surface area contributed by atoms with Gasteiger partial charge in [-0.3, -0.25) is 9.59 Å². The average molecular weight is 530 g/mol. The van der Waals surface area contributed by atoms with E-state index in [0.29, 0.717) is 27.9 Å². The molecule has 0 saturated carbocycles. The molecule has 0 saturated heterocycles. The highest BCUT2D eigenvalue weighted by Gasteiger charge is 2.27. The third kappa shape index (κ3) is 7.13. The molecule has 2 aromatic carbocycles. The van der Waals surface area contributed by atoms with Crippen LogP contribution in [0.4, 0.5) is 0 Å². The molecule has 0 aromatic heterocycles. The maximum absolute atomic E-state index is 13.1. The van der Waals surface area contributed by atoms with Crippen LogP contribution >= 0.6 is 39.1 Å². The number of hydrogen-bond acceptors (Lipinski definition) is 3. The maximum Gasteiger partial charge on any atom is 0.261 e. The van der Waals surface area contributed by atoms with Crippen molar-refractivity contribution in [3.05, 3.63) is 61.5 Å². The number of carbonyl (C=O) groups excluding carboxylic acids is 2. The van der Waals surface area contributed by atoms with E-state index in [0.717, 1.165) is 22.0 Å². The van der Waals surface area contributed by atoms with E-state index >= 15 is 0 Å². The van der Waals surface area contributed by atoms with Crippen molar-refractivity contribution in [1.82, 2.24) is 10.2 Å². The Kier molecular flexibility index (Phi) is 9.66. The number of nitrogens with one attached hydrogen (secondary N) is 1. The molecular weight excluding hydrogens is 503 g/mol. The minimum atomic E-state index is -0.692. The van der Waals surface area contributed by atoms with Gasteiger partial charge in [0.1, 0.15) is 11.8 Å². The van der Waals surface area contributed by atoms with E-state index in [-0.39, 0.29) is 25.0 Å². The van der Waals surface area contributed by atoms with Gasteiger partial charge in [-0.1, -0.05) is 52.1 Å². The van der Waals surface area contributed by atoms with Crippen LogP contribution in [0.1, 0.15) is 37.0 Å². The Hall–Kier alpha value is -1.76. The van der Waals surface area contributed by atoms with Crippen LogP contribution in [0.2, 0.25) is 10.0 Å². The number of hydrogen-bond donors (Lipinski definition) is 1. The summed E-state index contributed by atoms with van der Waals surface area (Å²) in [5.41, 5.74) is 2.73. The Morgan fingerprint density at radius 2 is 1.81 bits per heavy atom. The van der Waals surface area contributed by atoms with Crippen molar-refractivity contribution in [2.24, 2.45) is 0 Å². The molecule has 168 valence electrons. The molecule has 0 aliphatic heterocycles. The van der Waals surface area contributed by atoms with Gasteiger partial charge in [-0.05, 0) is 68.1 Å². The van der Waals surface area contributed by atoms with Gasteiger partial charge in [-0.15, -0.1) is 0 Å². The standard InChI is InChI=1S/C23H27BrCl2N2O3/c1-5-8-27-23(30)16(4)28(12-17-6-7-18(25)11-20(17)26)21(29)13-31-19-9-14(2)22(24)15(3)10-19/h6-7,9-11,16H,5,8,12-13H2,1-4H3,(H,27,30). The summed E-state index contributed by atoms with van der Waals surface area (Å²) in [4.78, 5) is 27.1. The summed E-state index contributed by atoms with van der Waals surface area (Å²) in [5.74, 6) is 0.0538. The van der Waals surface area contributed by atoms with Crippen molar-refractivity contribution in [3.8, 4) is 5.75 Å². The number of carbonyl (C=O) groups is 2. The van der Waals surface area contributed by atoms with Crippen molar-refractivity contribution in [3.63, 3.8) is 0 Å². The molecular formula is C23H27BrCl2N2O3. The first-order valence-electron chi connectivity index (χ1n) is 10.0. The monoisotopic (exact) mass is 528 g/mol. The summed E-state index contributed by atoms with van der Waals surface area (Å²) in [7, 11) is 0. The highest BCUT2D eigenvalue weighted by Crippen LogP contribution is 2.27. The Bertz CT molecular complexity index is 929. The Morgan fingerprint density at radius 1 is 1.16 bits per heavy atom. The van der Waals surface area contributed by atoms with Crippen LogP contribution in [-0.2, 0) is 16.1 Å². The largest absolute Gasteiger partial charge is 0.484 e. The summed E-state index contributed by atoms with van der Waals surface area (Å²) < 4.78 is 6.77. The summed E-state index contributed by atoms with van der Waals surface area (Å²) in [6, 6.07) is 8.11. The normalized spacial score (nSPS) is 11.7. The van der Waals surface area contributed by atoms with Crippen molar-refractivity contribution < 1.29 is 14.3 Å². The van der Waals surface area contributed by atoms with Gasteiger partial charge in [-0.2, -0.15) is 0 Å². The van der Waals surface area contributed by atoms with Crippen LogP contribution in [0.5, 0.6) is 5.75 Å². The molecule has 0 fully saturated rings. The predicted molar refractivity (Wildman–Crippen MR) is 129 cm³/mol. The lowest BCUT2D eigenvalue weighted by atomic mass is 10.1. The summed E-state index contributed by atoms with van der Waals surface area (Å²) in [5, 5.41) is 3.78. The number of aryl methyl sites for hydroxylation is 2. The summed E-state index contributed by atoms with van der Waals surface area (Å²) in [6.07, 6.45) is 0.806. The zero-order valence-corrected chi connectivity index (χ0v) is 21.2. The van der Waals surface area contributed by atoms with E-state index in [1.807, 2.05) is 32.9 Å². The summed E-state index contributed by atoms with van der Waals surface area (Å²) >= 11 is 15.8. The second kappa shape index (κ2) is 11.7. The highest BCUT2D eigenvalue weighted by molar-refractivity contribution is 9.10. The molecule has 0 bridgehead atoms. The van der Waals surface area contributed by atoms with Gasteiger partial charge in [0.05, 0.1) is 0 Å². The third-order valence-electron chi connectivity index (χ3n) is 4.84. The van der Waals surface area contributed by atoms with Crippen molar-refractivity contribution in [2.75, 3.05) is 13.2 Å². The Labute approximate surface area is 202 Å². The van der Waals surface area contributed by atoms with Crippen LogP contribution in [0, 0.1) is 13.8 Å². The lowest BCUT2D eigenvalue weighted by Gasteiger charge is -2.29. The van der Waals surface area contributed by atoms with E-state index in [2.05, 4.69) is 21.2 Å². The van der Waals surface area contributed by atoms with E-state index in [1.54, 1.807) is 25.1 Å². The predicted octanol–water partition coefficient (Wildman–Crippen LogP) is 5.70. The van der Waals surface area contributed by atoms with Gasteiger partial charge in [-0.25, -0.2) is 0 Å². The van der Waals surface area contributed by atoms with Gasteiger partial charge < -0.3 is 15.0 Å². The Balaban J connectivity index is 2.21. The van der Waals surface area contributed by atoms with E-state index in [1.165, 1.54) is 4.90 Å². The van der Waals surface area contributed by atoms with E-state index in [4.69, 9.17) is 27.9 Å². The average Bonchev–Trinajstić information content (AvgIpc) is 2.73. The minimum absolute atomic E-state index is 0.164. The van der Waals surface area contributed by atoms with Crippen molar-refractivity contribution in [1.29, 1.82) is 0 Å². The highest BCUT2D eigenvalue weighted by atomic mass is 79.9. The third-order valence-corrected chi connectivity index (χ3v) is 6.68. The molecule has 1 atom stereocenters. The SMILES string of the molecule is CCCNC(=O)C(C)N(Cc1ccc(Cl)cc1Cl)C(=O)COc1cc(C)c(Br)c(C)c1. The summed E-state index contributed by atoms with van der Waals surface area (Å²) in [6.45, 7) is 8.09. The molecule has 2 rings (SSSR count). The number of ether oxygens (including phenoxy) is 1. The smallest absolute Gasteiger partial charge is 0.261 e. The maximum atomic E-state index is 13.1. The fourth-order valence-corrected chi connectivity index (χ4v) is 3.73. The topological polar surface area (TPSA) is 58.6 Å². The molecule has 0 spiro atoms. The molecule has 1 N–H and O–H groups in total. The molecule has 0 radical (unpaired) electrons. The lowest BCUT2D eigenvalue weighted by Crippen LogP contribution is -2.49. The second-order valence-corrected chi connectivity index (χ2v) is 9.02. The second-order valence-electron chi connectivity index (χ2n) is 7.38. The molecule has 31 heavy (non-hydrogen) atoms. The number of nitrogens with zero attached hydrogens (tertiary/aromatic N) is 1. The van der Waals surface area contributed by atoms with Crippen molar-refractivity contribution in [2.45, 2.75) is 46.7 Å². The van der Waals surface area contributed by atoms with Gasteiger partial charge in [0.15, 0.2) is 6.61 Å². The fourth-order valence-electron chi connectivity index (χ4n) is 3.03. The molecule has 2 aromatic rings. The van der Waals surface area contributed by atoms with Crippen LogP contribution in [0.3, 0.4) is 0 Å². The molecule has 2 amide bonds. The molecule has 0 heterocycles. The van der Waals surface area contributed by atoms with Crippen LogP contribution in [0.25, 0.3) is 0 Å². The molecule has 0 aliphatic rings. The van der Waals surface area contributed by atoms with E-state index in [9.17, 15) is 9.59 Å². The van der Waals surface area contributed by atoms with Gasteiger partial charge in [0.2, 0.25) is 5.91 Å². The molecule has 5 nitrogen and oxygen atoms in total. The van der Waals surface area contributed by atoms with Crippen molar-refractivity contribution >= 4 is 50.9 Å². The first kappa shape index (κ1) is 25.5. The molecule has 0 aliphatic carbocycles. The number of rotatable bonds is 9. The number of amides is 2. The zero-order chi connectivity index (χ0) is 23.1. The molecule has 8 heteroatoms. The first-order chi connectivity index (χ1) is 14.6. The van der Waals surface area contributed by atoms with Crippen LogP contribution < -0.4 is 10.1 Å². The number of halogens is 3. The quantitative estimate of drug-likeness (QED) is 0.453.